The lowest BCUT2D eigenvalue weighted by Gasteiger charge is -2.19. The molecule has 2 N–H and O–H groups in total. The Morgan fingerprint density at radius 2 is 2.47 bits per heavy atom. The van der Waals surface area contributed by atoms with Crippen LogP contribution in [0.15, 0.2) is 5.38 Å². The Labute approximate surface area is 104 Å². The molecule has 6 nitrogen and oxygen atoms in total. The van der Waals surface area contributed by atoms with Gasteiger partial charge in [0.05, 0.1) is 19.1 Å². The van der Waals surface area contributed by atoms with Crippen LogP contribution >= 0.6 is 11.3 Å². The van der Waals surface area contributed by atoms with Crippen LogP contribution in [0, 0.1) is 11.3 Å². The summed E-state index contributed by atoms with van der Waals surface area (Å²) in [6.07, 6.45) is 0.287. The maximum absolute atomic E-state index is 12.0. The van der Waals surface area contributed by atoms with E-state index < -0.39 is 0 Å². The Morgan fingerprint density at radius 1 is 1.71 bits per heavy atom. The summed E-state index contributed by atoms with van der Waals surface area (Å²) in [5.41, 5.74) is 5.80. The van der Waals surface area contributed by atoms with Gasteiger partial charge in [0.1, 0.15) is 5.69 Å². The lowest BCUT2D eigenvalue weighted by Crippen LogP contribution is -2.34. The minimum Gasteiger partial charge on any atom is -0.383 e. The number of anilines is 1. The van der Waals surface area contributed by atoms with Crippen LogP contribution in [0.4, 0.5) is 5.13 Å². The standard InChI is InChI=1S/C10H14N4O2S/c1-16-6-5-14(4-2-3-11)9(15)8-7-17-10(12)13-8/h7H,2,4-6H2,1H3,(H2,12,13). The molecule has 92 valence electrons. The molecular weight excluding hydrogens is 240 g/mol. The number of aromatic nitrogens is 1. The molecule has 0 bridgehead atoms. The van der Waals surface area contributed by atoms with Crippen molar-refractivity contribution in [1.82, 2.24) is 9.88 Å². The summed E-state index contributed by atoms with van der Waals surface area (Å²) in [6.45, 7) is 1.24. The van der Waals surface area contributed by atoms with Crippen molar-refractivity contribution < 1.29 is 9.53 Å². The highest BCUT2D eigenvalue weighted by molar-refractivity contribution is 7.13. The van der Waals surface area contributed by atoms with Gasteiger partial charge in [-0.1, -0.05) is 0 Å². The number of thiazole rings is 1. The van der Waals surface area contributed by atoms with Gasteiger partial charge in [-0.3, -0.25) is 4.79 Å². The first-order chi connectivity index (χ1) is 8.19. The molecule has 1 rings (SSSR count). The zero-order valence-electron chi connectivity index (χ0n) is 9.55. The SMILES string of the molecule is COCCN(CCC#N)C(=O)c1csc(N)n1. The third kappa shape index (κ3) is 4.01. The molecule has 0 saturated heterocycles. The topological polar surface area (TPSA) is 92.2 Å². The molecule has 0 fully saturated rings. The van der Waals surface area contributed by atoms with Crippen molar-refractivity contribution in [2.75, 3.05) is 32.5 Å². The molecule has 0 saturated carbocycles. The Bertz CT molecular complexity index is 413. The normalized spacial score (nSPS) is 9.88. The number of nitrogens with zero attached hydrogens (tertiary/aromatic N) is 3. The number of methoxy groups -OCH3 is 1. The maximum Gasteiger partial charge on any atom is 0.273 e. The van der Waals surface area contributed by atoms with Crippen LogP contribution in [0.3, 0.4) is 0 Å². The highest BCUT2D eigenvalue weighted by Gasteiger charge is 2.17. The first kappa shape index (κ1) is 13.4. The number of ether oxygens (including phenoxy) is 1. The fraction of sp³-hybridized carbons (Fsp3) is 0.500. The van der Waals surface area contributed by atoms with Gasteiger partial charge in [0, 0.05) is 25.6 Å². The van der Waals surface area contributed by atoms with Crippen molar-refractivity contribution >= 4 is 22.4 Å². The van der Waals surface area contributed by atoms with Crippen molar-refractivity contribution in [3.63, 3.8) is 0 Å². The van der Waals surface area contributed by atoms with E-state index in [0.717, 1.165) is 0 Å². The van der Waals surface area contributed by atoms with Gasteiger partial charge in [0.15, 0.2) is 5.13 Å². The van der Waals surface area contributed by atoms with Crippen molar-refractivity contribution in [1.29, 1.82) is 5.26 Å². The lowest BCUT2D eigenvalue weighted by atomic mass is 10.3. The summed E-state index contributed by atoms with van der Waals surface area (Å²) in [6, 6.07) is 2.01. The minimum absolute atomic E-state index is 0.217. The second-order valence-corrected chi connectivity index (χ2v) is 4.15. The molecule has 1 aromatic rings. The fourth-order valence-corrected chi connectivity index (χ4v) is 1.79. The van der Waals surface area contributed by atoms with E-state index in [-0.39, 0.29) is 12.3 Å². The number of carbonyl (C=O) groups excluding carboxylic acids is 1. The summed E-state index contributed by atoms with van der Waals surface area (Å²) >= 11 is 1.22. The van der Waals surface area contributed by atoms with Gasteiger partial charge >= 0.3 is 0 Å². The van der Waals surface area contributed by atoms with E-state index in [2.05, 4.69) is 4.98 Å². The van der Waals surface area contributed by atoms with Crippen LogP contribution in [0.5, 0.6) is 0 Å². The number of nitrogens with two attached hydrogens (primary N) is 1. The predicted octanol–water partition coefficient (Wildman–Crippen LogP) is 0.728. The van der Waals surface area contributed by atoms with Crippen LogP contribution < -0.4 is 5.73 Å². The van der Waals surface area contributed by atoms with E-state index >= 15 is 0 Å². The Balaban J connectivity index is 2.68. The molecular formula is C10H14N4O2S. The van der Waals surface area contributed by atoms with Crippen molar-refractivity contribution in [2.24, 2.45) is 0 Å². The number of carbonyl (C=O) groups is 1. The van der Waals surface area contributed by atoms with E-state index in [9.17, 15) is 4.79 Å². The Kier molecular flexibility index (Phi) is 5.39. The Hall–Kier alpha value is -1.65. The minimum atomic E-state index is -0.217. The monoisotopic (exact) mass is 254 g/mol. The second-order valence-electron chi connectivity index (χ2n) is 3.26. The average Bonchev–Trinajstić information content (AvgIpc) is 2.75. The molecule has 0 radical (unpaired) electrons. The Morgan fingerprint density at radius 3 is 3.00 bits per heavy atom. The summed E-state index contributed by atoms with van der Waals surface area (Å²) in [4.78, 5) is 17.5. The molecule has 1 heterocycles. The van der Waals surface area contributed by atoms with Gasteiger partial charge in [0.2, 0.25) is 0 Å². The van der Waals surface area contributed by atoms with Crippen LogP contribution in [0.25, 0.3) is 0 Å². The van der Waals surface area contributed by atoms with E-state index in [1.165, 1.54) is 11.3 Å². The van der Waals surface area contributed by atoms with Crippen LogP contribution in [-0.2, 0) is 4.74 Å². The van der Waals surface area contributed by atoms with Crippen LogP contribution in [-0.4, -0.2) is 42.6 Å². The highest BCUT2D eigenvalue weighted by Crippen LogP contribution is 2.13. The van der Waals surface area contributed by atoms with Gasteiger partial charge in [-0.2, -0.15) is 5.26 Å². The van der Waals surface area contributed by atoms with Crippen molar-refractivity contribution in [3.8, 4) is 6.07 Å². The zero-order chi connectivity index (χ0) is 12.7. The fourth-order valence-electron chi connectivity index (χ4n) is 1.25. The lowest BCUT2D eigenvalue weighted by molar-refractivity contribution is 0.0695. The smallest absolute Gasteiger partial charge is 0.273 e. The number of hydrogen-bond donors (Lipinski definition) is 1. The quantitative estimate of drug-likeness (QED) is 0.807. The molecule has 0 aliphatic carbocycles. The third-order valence-corrected chi connectivity index (χ3v) is 2.76. The van der Waals surface area contributed by atoms with E-state index in [1.807, 2.05) is 6.07 Å². The van der Waals surface area contributed by atoms with Crippen molar-refractivity contribution in [2.45, 2.75) is 6.42 Å². The first-order valence-electron chi connectivity index (χ1n) is 5.05. The molecule has 1 amide bonds. The van der Waals surface area contributed by atoms with E-state index in [0.29, 0.717) is 30.5 Å². The average molecular weight is 254 g/mol. The maximum atomic E-state index is 12.0. The zero-order valence-corrected chi connectivity index (χ0v) is 10.4. The second kappa shape index (κ2) is 6.83. The predicted molar refractivity (Wildman–Crippen MR) is 64.5 cm³/mol. The number of nitriles is 1. The summed E-state index contributed by atoms with van der Waals surface area (Å²) in [7, 11) is 1.56. The van der Waals surface area contributed by atoms with Gasteiger partial charge in [-0.15, -0.1) is 11.3 Å². The van der Waals surface area contributed by atoms with E-state index in [4.69, 9.17) is 15.7 Å². The van der Waals surface area contributed by atoms with E-state index in [1.54, 1.807) is 17.4 Å². The molecule has 0 atom stereocenters. The largest absolute Gasteiger partial charge is 0.383 e. The molecule has 0 spiro atoms. The molecule has 0 unspecified atom stereocenters. The van der Waals surface area contributed by atoms with Gasteiger partial charge < -0.3 is 15.4 Å². The highest BCUT2D eigenvalue weighted by atomic mass is 32.1. The number of rotatable bonds is 6. The molecule has 0 aliphatic heterocycles. The first-order valence-corrected chi connectivity index (χ1v) is 5.93. The summed E-state index contributed by atoms with van der Waals surface area (Å²) < 4.78 is 4.92. The number of amides is 1. The molecule has 17 heavy (non-hydrogen) atoms. The molecule has 0 aromatic carbocycles. The van der Waals surface area contributed by atoms with Crippen molar-refractivity contribution in [3.05, 3.63) is 11.1 Å². The summed E-state index contributed by atoms with van der Waals surface area (Å²) in [5, 5.41) is 10.5. The third-order valence-electron chi connectivity index (χ3n) is 2.09. The molecule has 1 aromatic heterocycles. The van der Waals surface area contributed by atoms with Gasteiger partial charge in [-0.25, -0.2) is 4.98 Å². The number of nitrogen functional groups attached to an aromatic ring is 1. The van der Waals surface area contributed by atoms with Gasteiger partial charge in [-0.05, 0) is 0 Å². The van der Waals surface area contributed by atoms with Crippen LogP contribution in [0.2, 0.25) is 0 Å². The summed E-state index contributed by atoms with van der Waals surface area (Å²) in [5.74, 6) is -0.217. The molecule has 7 heteroatoms. The van der Waals surface area contributed by atoms with Crippen LogP contribution in [0.1, 0.15) is 16.9 Å². The van der Waals surface area contributed by atoms with Gasteiger partial charge in [0.25, 0.3) is 5.91 Å². The molecule has 0 aliphatic rings. The number of hydrogen-bond acceptors (Lipinski definition) is 6.